The van der Waals surface area contributed by atoms with Gasteiger partial charge in [-0.25, -0.2) is 0 Å². The molecule has 0 bridgehead atoms. The van der Waals surface area contributed by atoms with Gasteiger partial charge in [-0.1, -0.05) is 97.1 Å². The maximum Gasteiger partial charge on any atom is 0.126 e. The number of rotatable bonds is 6. The van der Waals surface area contributed by atoms with Gasteiger partial charge in [-0.15, -0.1) is 0 Å². The Balaban J connectivity index is 2.17. The van der Waals surface area contributed by atoms with Crippen LogP contribution in [0.15, 0.2) is 109 Å². The van der Waals surface area contributed by atoms with Crippen LogP contribution in [0.5, 0.6) is 11.5 Å². The molecule has 4 aromatic rings. The Labute approximate surface area is 178 Å². The average molecular weight is 392 g/mol. The molecule has 0 aliphatic carbocycles. The van der Waals surface area contributed by atoms with Crippen molar-refractivity contribution in [3.8, 4) is 11.5 Å². The predicted molar refractivity (Wildman–Crippen MR) is 124 cm³/mol. The topological polar surface area (TPSA) is 18.5 Å². The van der Waals surface area contributed by atoms with E-state index in [4.69, 9.17) is 9.47 Å². The van der Waals surface area contributed by atoms with Crippen molar-refractivity contribution in [2.75, 3.05) is 14.2 Å². The second kappa shape index (κ2) is 9.15. The average Bonchev–Trinajstić information content (AvgIpc) is 2.83. The molecule has 0 unspecified atom stereocenters. The summed E-state index contributed by atoms with van der Waals surface area (Å²) in [5.74, 6) is 1.67. The van der Waals surface area contributed by atoms with Gasteiger partial charge in [0.05, 0.1) is 14.2 Å². The van der Waals surface area contributed by atoms with Crippen molar-refractivity contribution in [2.24, 2.45) is 0 Å². The van der Waals surface area contributed by atoms with E-state index in [1.165, 1.54) is 0 Å². The minimum atomic E-state index is 0.833. The maximum atomic E-state index is 5.76. The fourth-order valence-corrected chi connectivity index (χ4v) is 3.78. The molecule has 0 aromatic heterocycles. The van der Waals surface area contributed by atoms with Gasteiger partial charge in [0, 0.05) is 22.3 Å². The van der Waals surface area contributed by atoms with Crippen molar-refractivity contribution >= 4 is 11.1 Å². The van der Waals surface area contributed by atoms with E-state index in [0.717, 1.165) is 44.9 Å². The highest BCUT2D eigenvalue weighted by Gasteiger charge is 2.20. The molecular weight excluding hydrogens is 368 g/mol. The summed E-state index contributed by atoms with van der Waals surface area (Å²) < 4.78 is 11.5. The minimum absolute atomic E-state index is 0.833. The van der Waals surface area contributed by atoms with Crippen LogP contribution in [0.4, 0.5) is 0 Å². The van der Waals surface area contributed by atoms with E-state index in [-0.39, 0.29) is 0 Å². The summed E-state index contributed by atoms with van der Waals surface area (Å²) in [7, 11) is 3.43. The van der Waals surface area contributed by atoms with Crippen molar-refractivity contribution in [3.63, 3.8) is 0 Å². The molecule has 0 N–H and O–H groups in total. The zero-order valence-electron chi connectivity index (χ0n) is 17.2. The van der Waals surface area contributed by atoms with Gasteiger partial charge in [0.2, 0.25) is 0 Å². The molecule has 0 saturated heterocycles. The van der Waals surface area contributed by atoms with Crippen LogP contribution < -0.4 is 9.47 Å². The molecule has 0 saturated carbocycles. The quantitative estimate of drug-likeness (QED) is 0.339. The molecule has 0 aliphatic heterocycles. The first-order chi connectivity index (χ1) is 14.8. The largest absolute Gasteiger partial charge is 0.496 e. The van der Waals surface area contributed by atoms with Gasteiger partial charge < -0.3 is 9.47 Å². The summed E-state index contributed by atoms with van der Waals surface area (Å²) in [4.78, 5) is 0. The monoisotopic (exact) mass is 392 g/mol. The zero-order valence-corrected chi connectivity index (χ0v) is 17.2. The van der Waals surface area contributed by atoms with E-state index < -0.39 is 0 Å². The molecule has 0 spiro atoms. The van der Waals surface area contributed by atoms with Crippen LogP contribution in [0, 0.1) is 0 Å². The van der Waals surface area contributed by atoms with Crippen molar-refractivity contribution in [3.05, 3.63) is 131 Å². The lowest BCUT2D eigenvalue weighted by Gasteiger charge is -2.21. The van der Waals surface area contributed by atoms with Gasteiger partial charge in [-0.3, -0.25) is 0 Å². The Bertz CT molecular complexity index is 1050. The van der Waals surface area contributed by atoms with Gasteiger partial charge in [-0.05, 0) is 23.3 Å². The fraction of sp³-hybridized carbons (Fsp3) is 0.0714. The Morgan fingerprint density at radius 2 is 0.767 bits per heavy atom. The summed E-state index contributed by atoms with van der Waals surface area (Å²) >= 11 is 0. The number of methoxy groups -OCH3 is 2. The van der Waals surface area contributed by atoms with Gasteiger partial charge in [0.1, 0.15) is 11.5 Å². The minimum Gasteiger partial charge on any atom is -0.496 e. The number of ether oxygens (including phenoxy) is 2. The smallest absolute Gasteiger partial charge is 0.126 e. The molecule has 0 heterocycles. The SMILES string of the molecule is COc1ccccc1C(=C(c1ccccc1)c1ccccc1OC)c1ccccc1. The molecule has 0 amide bonds. The summed E-state index contributed by atoms with van der Waals surface area (Å²) in [6.45, 7) is 0. The standard InChI is InChI=1S/C28H24O2/c1-29-25-19-11-9-17-23(25)27(21-13-5-3-6-14-21)28(22-15-7-4-8-16-22)24-18-10-12-20-26(24)30-2/h3-20H,1-2H3. The molecule has 2 nitrogen and oxygen atoms in total. The maximum absolute atomic E-state index is 5.76. The Hall–Kier alpha value is -3.78. The van der Waals surface area contributed by atoms with Crippen LogP contribution in [-0.2, 0) is 0 Å². The summed E-state index contributed by atoms with van der Waals surface area (Å²) in [6, 6.07) is 37.2. The highest BCUT2D eigenvalue weighted by atomic mass is 16.5. The number of hydrogen-bond donors (Lipinski definition) is 0. The molecule has 4 rings (SSSR count). The third-order valence-electron chi connectivity index (χ3n) is 5.13. The first kappa shape index (κ1) is 19.5. The lowest BCUT2D eigenvalue weighted by Crippen LogP contribution is -2.01. The van der Waals surface area contributed by atoms with E-state index in [9.17, 15) is 0 Å². The molecule has 0 radical (unpaired) electrons. The van der Waals surface area contributed by atoms with E-state index in [0.29, 0.717) is 0 Å². The predicted octanol–water partition coefficient (Wildman–Crippen LogP) is 6.71. The Morgan fingerprint density at radius 1 is 0.433 bits per heavy atom. The van der Waals surface area contributed by atoms with Crippen molar-refractivity contribution in [1.29, 1.82) is 0 Å². The van der Waals surface area contributed by atoms with Gasteiger partial charge in [0.25, 0.3) is 0 Å². The number of benzene rings is 4. The van der Waals surface area contributed by atoms with Gasteiger partial charge in [0.15, 0.2) is 0 Å². The summed E-state index contributed by atoms with van der Waals surface area (Å²) in [5.41, 5.74) is 6.51. The second-order valence-corrected chi connectivity index (χ2v) is 6.88. The molecule has 0 atom stereocenters. The molecule has 0 fully saturated rings. The normalized spacial score (nSPS) is 11.5. The highest BCUT2D eigenvalue weighted by molar-refractivity contribution is 6.06. The molecule has 4 aromatic carbocycles. The zero-order chi connectivity index (χ0) is 20.8. The first-order valence-electron chi connectivity index (χ1n) is 9.95. The molecular formula is C28H24O2. The number of hydrogen-bond acceptors (Lipinski definition) is 2. The van der Waals surface area contributed by atoms with Crippen LogP contribution in [0.1, 0.15) is 22.3 Å². The van der Waals surface area contributed by atoms with E-state index in [1.807, 2.05) is 48.5 Å². The third kappa shape index (κ3) is 3.85. The Morgan fingerprint density at radius 3 is 1.13 bits per heavy atom. The van der Waals surface area contributed by atoms with Crippen molar-refractivity contribution in [1.82, 2.24) is 0 Å². The fourth-order valence-electron chi connectivity index (χ4n) is 3.78. The third-order valence-corrected chi connectivity index (χ3v) is 5.13. The van der Waals surface area contributed by atoms with Gasteiger partial charge >= 0.3 is 0 Å². The molecule has 148 valence electrons. The highest BCUT2D eigenvalue weighted by Crippen LogP contribution is 2.42. The Kier molecular flexibility index (Phi) is 5.95. The number of para-hydroxylation sites is 2. The van der Waals surface area contributed by atoms with E-state index >= 15 is 0 Å². The van der Waals surface area contributed by atoms with Gasteiger partial charge in [-0.2, -0.15) is 0 Å². The van der Waals surface area contributed by atoms with E-state index in [2.05, 4.69) is 60.7 Å². The summed E-state index contributed by atoms with van der Waals surface area (Å²) in [5, 5.41) is 0. The van der Waals surface area contributed by atoms with Crippen molar-refractivity contribution in [2.45, 2.75) is 0 Å². The van der Waals surface area contributed by atoms with Crippen molar-refractivity contribution < 1.29 is 9.47 Å². The first-order valence-corrected chi connectivity index (χ1v) is 9.95. The van der Waals surface area contributed by atoms with Crippen LogP contribution in [0.3, 0.4) is 0 Å². The summed E-state index contributed by atoms with van der Waals surface area (Å²) in [6.07, 6.45) is 0. The van der Waals surface area contributed by atoms with Crippen LogP contribution in [0.25, 0.3) is 11.1 Å². The molecule has 30 heavy (non-hydrogen) atoms. The van der Waals surface area contributed by atoms with Crippen LogP contribution in [0.2, 0.25) is 0 Å². The molecule has 0 aliphatic rings. The second-order valence-electron chi connectivity index (χ2n) is 6.88. The lowest BCUT2D eigenvalue weighted by molar-refractivity contribution is 0.413. The van der Waals surface area contributed by atoms with E-state index in [1.54, 1.807) is 14.2 Å². The lowest BCUT2D eigenvalue weighted by atomic mass is 9.85. The van der Waals surface area contributed by atoms with Crippen LogP contribution >= 0.6 is 0 Å². The van der Waals surface area contributed by atoms with Crippen LogP contribution in [-0.4, -0.2) is 14.2 Å². The molecule has 2 heteroatoms.